The van der Waals surface area contributed by atoms with Crippen LogP contribution < -0.4 is 25.4 Å². The van der Waals surface area contributed by atoms with Crippen molar-refractivity contribution in [2.45, 2.75) is 77.0 Å². The van der Waals surface area contributed by atoms with Gasteiger partial charge in [-0.2, -0.15) is 0 Å². The minimum Gasteiger partial charge on any atom is -0.507 e. The van der Waals surface area contributed by atoms with Crippen LogP contribution in [0, 0.1) is 5.92 Å². The lowest BCUT2D eigenvalue weighted by Crippen LogP contribution is -2.56. The summed E-state index contributed by atoms with van der Waals surface area (Å²) < 4.78 is 7.50. The molecule has 2 N–H and O–H groups in total. The number of pyridine rings is 2. The number of carbonyl (C=O) groups is 4. The highest BCUT2D eigenvalue weighted by atomic mass is 16.5. The van der Waals surface area contributed by atoms with Gasteiger partial charge in [0, 0.05) is 106 Å². The van der Waals surface area contributed by atoms with E-state index < -0.39 is 29.7 Å². The Bertz CT molecular complexity index is 2480. The molecule has 0 spiro atoms. The minimum absolute atomic E-state index is 0.0909. The third kappa shape index (κ3) is 7.51. The Labute approximate surface area is 354 Å². The number of fused-ring (bicyclic) bond motifs is 2. The quantitative estimate of drug-likeness (QED) is 0.221. The van der Waals surface area contributed by atoms with E-state index in [2.05, 4.69) is 43.7 Å². The summed E-state index contributed by atoms with van der Waals surface area (Å²) in [5, 5.41) is 15.2. The van der Waals surface area contributed by atoms with Crippen molar-refractivity contribution < 1.29 is 29.0 Å². The predicted molar refractivity (Wildman–Crippen MR) is 231 cm³/mol. The SMILES string of the molecule is COc1cc(-c2cn(C)c(=O)c3cnc(N4CCC4)cc23)cc(O)c1CN1[C@H](C)CN(CCC2CCN(c3ccc4c(c3)C(=O)N(C3CCC(=O)NC3=O)C4=O)CC2)C[C@H]1C. The number of piperidine rings is 2. The number of aromatic nitrogens is 2. The first-order chi connectivity index (χ1) is 29.4. The van der Waals surface area contributed by atoms with E-state index in [-0.39, 0.29) is 36.2 Å². The molecule has 0 aliphatic carbocycles. The molecule has 4 saturated heterocycles. The average molecular weight is 831 g/mol. The molecule has 3 atom stereocenters. The molecule has 2 aromatic heterocycles. The van der Waals surface area contributed by atoms with Crippen LogP contribution in [0.3, 0.4) is 0 Å². The van der Waals surface area contributed by atoms with Gasteiger partial charge in [-0.1, -0.05) is 0 Å². The number of phenols is 1. The molecule has 9 rings (SSSR count). The first-order valence-corrected chi connectivity index (χ1v) is 21.6. The second-order valence-corrected chi connectivity index (χ2v) is 17.6. The van der Waals surface area contributed by atoms with Gasteiger partial charge in [-0.25, -0.2) is 4.98 Å². The van der Waals surface area contributed by atoms with Crippen molar-refractivity contribution in [3.63, 3.8) is 0 Å². The number of benzene rings is 2. The first kappa shape index (κ1) is 40.6. The summed E-state index contributed by atoms with van der Waals surface area (Å²) in [5.41, 5.74) is 3.74. The third-order valence-corrected chi connectivity index (χ3v) is 13.7. The van der Waals surface area contributed by atoms with Gasteiger partial charge in [0.05, 0.1) is 23.6 Å². The zero-order chi connectivity index (χ0) is 42.7. The Hall–Kier alpha value is -5.80. The van der Waals surface area contributed by atoms with Gasteiger partial charge < -0.3 is 29.1 Å². The van der Waals surface area contributed by atoms with Crippen molar-refractivity contribution in [3.05, 3.63) is 75.8 Å². The maximum Gasteiger partial charge on any atom is 0.262 e. The molecule has 15 nitrogen and oxygen atoms in total. The highest BCUT2D eigenvalue weighted by Gasteiger charge is 2.45. The average Bonchev–Trinajstić information content (AvgIpc) is 3.47. The zero-order valence-corrected chi connectivity index (χ0v) is 35.4. The number of aryl methyl sites for hydroxylation is 1. The zero-order valence-electron chi connectivity index (χ0n) is 35.4. The number of phenolic OH excluding ortho intramolecular Hbond substituents is 1. The Morgan fingerprint density at radius 1 is 0.852 bits per heavy atom. The van der Waals surface area contributed by atoms with Crippen LogP contribution in [0.25, 0.3) is 21.9 Å². The fourth-order valence-corrected chi connectivity index (χ4v) is 10.1. The second kappa shape index (κ2) is 16.2. The molecule has 61 heavy (non-hydrogen) atoms. The van der Waals surface area contributed by atoms with E-state index in [0.29, 0.717) is 34.7 Å². The van der Waals surface area contributed by atoms with Crippen LogP contribution in [-0.2, 0) is 23.2 Å². The van der Waals surface area contributed by atoms with Crippen molar-refractivity contribution >= 4 is 45.9 Å². The maximum atomic E-state index is 13.4. The predicted octanol–water partition coefficient (Wildman–Crippen LogP) is 4.13. The van der Waals surface area contributed by atoms with Crippen molar-refractivity contribution in [2.24, 2.45) is 13.0 Å². The number of carbonyl (C=O) groups excluding carboxylic acids is 4. The largest absolute Gasteiger partial charge is 0.507 e. The van der Waals surface area contributed by atoms with E-state index in [1.807, 2.05) is 24.4 Å². The number of aromatic hydroxyl groups is 1. The highest BCUT2D eigenvalue weighted by Crippen LogP contribution is 2.39. The number of hydrogen-bond donors (Lipinski definition) is 2. The number of rotatable bonds is 10. The normalized spacial score (nSPS) is 22.8. The number of nitrogens with zero attached hydrogens (tertiary/aromatic N) is 7. The first-order valence-electron chi connectivity index (χ1n) is 21.6. The van der Waals surface area contributed by atoms with Gasteiger partial charge >= 0.3 is 0 Å². The number of amides is 4. The van der Waals surface area contributed by atoms with E-state index in [1.54, 1.807) is 43.1 Å². The monoisotopic (exact) mass is 830 g/mol. The van der Waals surface area contributed by atoms with Gasteiger partial charge in [-0.3, -0.25) is 39.1 Å². The summed E-state index contributed by atoms with van der Waals surface area (Å²) >= 11 is 0. The molecule has 320 valence electrons. The molecule has 0 bridgehead atoms. The number of anilines is 2. The van der Waals surface area contributed by atoms with Crippen molar-refractivity contribution in [3.8, 4) is 22.6 Å². The van der Waals surface area contributed by atoms with Crippen LogP contribution in [0.5, 0.6) is 11.5 Å². The molecular formula is C46H54N8O7. The van der Waals surface area contributed by atoms with Gasteiger partial charge in [-0.15, -0.1) is 0 Å². The van der Waals surface area contributed by atoms with Crippen molar-refractivity contribution in [2.75, 3.05) is 62.7 Å². The minimum atomic E-state index is -0.975. The molecule has 0 radical (unpaired) electrons. The molecular weight excluding hydrogens is 777 g/mol. The fraction of sp³-hybridized carbons (Fsp3) is 0.478. The topological polar surface area (TPSA) is 161 Å². The summed E-state index contributed by atoms with van der Waals surface area (Å²) in [5.74, 6) is 0.226. The van der Waals surface area contributed by atoms with E-state index in [9.17, 15) is 29.1 Å². The number of hydrogen-bond acceptors (Lipinski definition) is 12. The lowest BCUT2D eigenvalue weighted by atomic mass is 9.92. The Balaban J connectivity index is 0.806. The maximum absolute atomic E-state index is 13.4. The summed E-state index contributed by atoms with van der Waals surface area (Å²) in [6, 6.07) is 10.6. The summed E-state index contributed by atoms with van der Waals surface area (Å²) in [6.07, 6.45) is 7.99. The van der Waals surface area contributed by atoms with Crippen molar-refractivity contribution in [1.29, 1.82) is 0 Å². The van der Waals surface area contributed by atoms with Crippen LogP contribution in [0.4, 0.5) is 11.5 Å². The molecule has 0 saturated carbocycles. The van der Waals surface area contributed by atoms with E-state index in [1.165, 1.54) is 0 Å². The van der Waals surface area contributed by atoms with E-state index >= 15 is 0 Å². The lowest BCUT2D eigenvalue weighted by Gasteiger charge is -2.45. The summed E-state index contributed by atoms with van der Waals surface area (Å²) in [7, 11) is 3.37. The molecule has 15 heteroatoms. The van der Waals surface area contributed by atoms with Crippen LogP contribution in [0.2, 0.25) is 0 Å². The van der Waals surface area contributed by atoms with Crippen LogP contribution >= 0.6 is 0 Å². The number of nitrogens with one attached hydrogen (secondary N) is 1. The van der Waals surface area contributed by atoms with Crippen molar-refractivity contribution in [1.82, 2.24) is 29.6 Å². The molecule has 1 unspecified atom stereocenters. The number of imide groups is 2. The van der Waals surface area contributed by atoms with Gasteiger partial charge in [0.2, 0.25) is 11.8 Å². The molecule has 4 fully saturated rings. The van der Waals surface area contributed by atoms with Crippen LogP contribution in [-0.4, -0.2) is 124 Å². The Morgan fingerprint density at radius 3 is 2.28 bits per heavy atom. The smallest absolute Gasteiger partial charge is 0.262 e. The highest BCUT2D eigenvalue weighted by molar-refractivity contribution is 6.23. The molecule has 4 amide bonds. The number of ether oxygens (including phenoxy) is 1. The molecule has 5 aliphatic rings. The standard InChI is InChI=1S/C46H54N8O7/c1-27-23-50(15-10-29-11-16-51(17-12-29)31-6-7-32-34(20-31)46(60)54(45(32)59)38-8-9-42(56)48-43(38)57)24-28(2)53(27)26-37-39(55)18-30(19-40(37)61-4)36-25-49(3)44(58)35-22-47-41(21-33(35)36)52-13-5-14-52/h6-7,18-22,25,27-29,38,55H,5,8-17,23-24,26H2,1-4H3,(H,48,56,57)/t27-,28-,38?/m1/s1. The van der Waals surface area contributed by atoms with E-state index in [4.69, 9.17) is 4.74 Å². The molecule has 4 aromatic rings. The Morgan fingerprint density at radius 2 is 1.59 bits per heavy atom. The number of piperazine rings is 1. The molecule has 2 aromatic carbocycles. The summed E-state index contributed by atoms with van der Waals surface area (Å²) in [6.45, 7) is 11.5. The van der Waals surface area contributed by atoms with Gasteiger partial charge in [0.1, 0.15) is 23.4 Å². The number of methoxy groups -OCH3 is 1. The molecule has 7 heterocycles. The van der Waals surface area contributed by atoms with Crippen LogP contribution in [0.15, 0.2) is 53.6 Å². The van der Waals surface area contributed by atoms with Gasteiger partial charge in [-0.05, 0) is 100 Å². The van der Waals surface area contributed by atoms with Gasteiger partial charge in [0.15, 0.2) is 0 Å². The van der Waals surface area contributed by atoms with Crippen LogP contribution in [0.1, 0.15) is 78.7 Å². The fourth-order valence-electron chi connectivity index (χ4n) is 10.1. The lowest BCUT2D eigenvalue weighted by molar-refractivity contribution is -0.136. The third-order valence-electron chi connectivity index (χ3n) is 13.7. The van der Waals surface area contributed by atoms with E-state index in [0.717, 1.165) is 110 Å². The summed E-state index contributed by atoms with van der Waals surface area (Å²) in [4.78, 5) is 78.9. The Kier molecular flexibility index (Phi) is 10.8. The second-order valence-electron chi connectivity index (χ2n) is 17.6. The van der Waals surface area contributed by atoms with Gasteiger partial charge in [0.25, 0.3) is 17.4 Å². The molecule has 5 aliphatic heterocycles.